The van der Waals surface area contributed by atoms with Crippen LogP contribution in [0.1, 0.15) is 12.7 Å². The second-order valence-electron chi connectivity index (χ2n) is 8.89. The molecule has 0 radical (unpaired) electrons. The molecule has 5 rings (SSSR count). The van der Waals surface area contributed by atoms with E-state index in [0.717, 1.165) is 0 Å². The summed E-state index contributed by atoms with van der Waals surface area (Å²) in [5.41, 5.74) is 1.73. The molecule has 1 aliphatic rings. The Kier molecular flexibility index (Phi) is 7.15. The van der Waals surface area contributed by atoms with E-state index in [9.17, 15) is 13.2 Å². The lowest BCUT2D eigenvalue weighted by atomic mass is 10.1. The molecule has 1 saturated heterocycles. The van der Waals surface area contributed by atoms with Crippen LogP contribution in [0.2, 0.25) is 0 Å². The van der Waals surface area contributed by atoms with Gasteiger partial charge in [0.2, 0.25) is 0 Å². The number of aromatic nitrogens is 2. The first-order valence-corrected chi connectivity index (χ1v) is 14.6. The van der Waals surface area contributed by atoms with Crippen molar-refractivity contribution < 1.29 is 17.9 Å². The number of amides is 1. The minimum atomic E-state index is -4.07. The number of halogens is 3. The van der Waals surface area contributed by atoms with E-state index in [2.05, 4.69) is 4.98 Å². The maximum absolute atomic E-state index is 14.4. The second kappa shape index (κ2) is 10.1. The van der Waals surface area contributed by atoms with Crippen molar-refractivity contribution in [1.29, 1.82) is 0 Å². The molecule has 0 spiro atoms. The highest BCUT2D eigenvalue weighted by Crippen LogP contribution is 2.42. The Morgan fingerprint density at radius 3 is 2.26 bits per heavy atom. The Labute approximate surface area is 235 Å². The average Bonchev–Trinajstić information content (AvgIpc) is 3.31. The number of imidazole rings is 1. The monoisotopic (exact) mass is 594 g/mol. The highest BCUT2D eigenvalue weighted by Gasteiger charge is 2.37. The zero-order valence-corrected chi connectivity index (χ0v) is 23.8. The van der Waals surface area contributed by atoms with Gasteiger partial charge in [-0.2, -0.15) is 0 Å². The van der Waals surface area contributed by atoms with E-state index in [1.807, 2.05) is 30.0 Å². The molecule has 4 aromatic rings. The van der Waals surface area contributed by atoms with Crippen LogP contribution in [-0.2, 0) is 21.2 Å². The fourth-order valence-electron chi connectivity index (χ4n) is 4.94. The van der Waals surface area contributed by atoms with Gasteiger partial charge in [-0.1, -0.05) is 78.1 Å². The Balaban J connectivity index is 1.66. The molecule has 0 saturated carbocycles. The molecule has 1 fully saturated rings. The quantitative estimate of drug-likeness (QED) is 0.302. The lowest BCUT2D eigenvalue weighted by Gasteiger charge is -2.38. The van der Waals surface area contributed by atoms with Gasteiger partial charge in [-0.3, -0.25) is 4.79 Å². The summed E-state index contributed by atoms with van der Waals surface area (Å²) < 4.78 is 33.8. The van der Waals surface area contributed by atoms with Crippen LogP contribution in [0.5, 0.6) is 5.75 Å². The van der Waals surface area contributed by atoms with Gasteiger partial charge in [0.1, 0.15) is 11.6 Å². The summed E-state index contributed by atoms with van der Waals surface area (Å²) in [5, 5.41) is 1.20. The van der Waals surface area contributed by atoms with Crippen LogP contribution in [0.4, 0.5) is 5.69 Å². The SMILES string of the molecule is CCc1nc2ccccc2n1S(=O)(=O)c1cc(N2CCN(C(=O)C(Cl)(Cl)Cl)CC2)c(OC)c2ccccc12. The number of alkyl halides is 3. The zero-order valence-electron chi connectivity index (χ0n) is 20.7. The number of hydrogen-bond donors (Lipinski definition) is 0. The molecule has 0 aliphatic carbocycles. The molecule has 0 N–H and O–H groups in total. The summed E-state index contributed by atoms with van der Waals surface area (Å²) in [5.74, 6) is 0.411. The highest BCUT2D eigenvalue weighted by atomic mass is 35.6. The van der Waals surface area contributed by atoms with E-state index in [1.165, 1.54) is 8.87 Å². The van der Waals surface area contributed by atoms with Crippen molar-refractivity contribution in [3.05, 3.63) is 60.4 Å². The molecule has 0 unspecified atom stereocenters. The van der Waals surface area contributed by atoms with Crippen molar-refractivity contribution in [2.24, 2.45) is 0 Å². The first kappa shape index (κ1) is 26.9. The number of ether oxygens (including phenoxy) is 1. The lowest BCUT2D eigenvalue weighted by Crippen LogP contribution is -2.51. The molecule has 2 heterocycles. The summed E-state index contributed by atoms with van der Waals surface area (Å²) in [6.07, 6.45) is 0.439. The Morgan fingerprint density at radius 1 is 1.00 bits per heavy atom. The van der Waals surface area contributed by atoms with Gasteiger partial charge in [-0.05, 0) is 18.2 Å². The topological polar surface area (TPSA) is 84.7 Å². The molecule has 0 bridgehead atoms. The van der Waals surface area contributed by atoms with E-state index in [1.54, 1.807) is 43.5 Å². The Hall–Kier alpha value is -2.72. The van der Waals surface area contributed by atoms with Gasteiger partial charge in [0.05, 0.1) is 28.7 Å². The number of nitrogens with zero attached hydrogens (tertiary/aromatic N) is 4. The third kappa shape index (κ3) is 4.55. The predicted molar refractivity (Wildman–Crippen MR) is 151 cm³/mol. The number of methoxy groups -OCH3 is 1. The third-order valence-corrected chi connectivity index (χ3v) is 8.98. The number of piperazine rings is 1. The fraction of sp³-hybridized carbons (Fsp3) is 0.308. The third-order valence-electron chi connectivity index (χ3n) is 6.71. The van der Waals surface area contributed by atoms with Crippen LogP contribution in [0, 0.1) is 0 Å². The summed E-state index contributed by atoms with van der Waals surface area (Å²) in [7, 11) is -2.51. The summed E-state index contributed by atoms with van der Waals surface area (Å²) >= 11 is 17.4. The number of carbonyl (C=O) groups excluding carboxylic acids is 1. The number of rotatable bonds is 5. The van der Waals surface area contributed by atoms with Gasteiger partial charge in [-0.25, -0.2) is 17.4 Å². The molecule has 1 aliphatic heterocycles. The Morgan fingerprint density at radius 2 is 1.63 bits per heavy atom. The molecular formula is C26H25Cl3N4O4S. The second-order valence-corrected chi connectivity index (χ2v) is 12.9. The largest absolute Gasteiger partial charge is 0.494 e. The van der Waals surface area contributed by atoms with Crippen molar-refractivity contribution in [1.82, 2.24) is 13.9 Å². The van der Waals surface area contributed by atoms with Gasteiger partial charge >= 0.3 is 0 Å². The molecule has 12 heteroatoms. The van der Waals surface area contributed by atoms with Gasteiger partial charge in [-0.15, -0.1) is 0 Å². The number of anilines is 1. The maximum atomic E-state index is 14.4. The summed E-state index contributed by atoms with van der Waals surface area (Å²) in [4.78, 5) is 20.6. The number of para-hydroxylation sites is 2. The standard InChI is InChI=1S/C26H25Cl3N4O4S/c1-3-23-30-19-10-6-7-11-20(19)33(23)38(35,36)22-16-21(24(37-2)18-9-5-4-8-17(18)22)31-12-14-32(15-13-31)25(34)26(27,28)29/h4-11,16H,3,12-15H2,1-2H3. The van der Waals surface area contributed by atoms with Crippen LogP contribution in [0.25, 0.3) is 21.8 Å². The van der Waals surface area contributed by atoms with E-state index in [0.29, 0.717) is 71.7 Å². The Bertz CT molecular complexity index is 1640. The van der Waals surface area contributed by atoms with Gasteiger partial charge in [0.25, 0.3) is 19.7 Å². The fourth-order valence-corrected chi connectivity index (χ4v) is 7.07. The van der Waals surface area contributed by atoms with E-state index in [-0.39, 0.29) is 4.90 Å². The number of aryl methyl sites for hydroxylation is 1. The van der Waals surface area contributed by atoms with Crippen molar-refractivity contribution >= 4 is 78.2 Å². The molecule has 1 amide bonds. The van der Waals surface area contributed by atoms with E-state index >= 15 is 0 Å². The van der Waals surface area contributed by atoms with Crippen LogP contribution in [-0.4, -0.2) is 65.3 Å². The van der Waals surface area contributed by atoms with Gasteiger partial charge < -0.3 is 14.5 Å². The molecule has 38 heavy (non-hydrogen) atoms. The van der Waals surface area contributed by atoms with E-state index in [4.69, 9.17) is 39.5 Å². The highest BCUT2D eigenvalue weighted by molar-refractivity contribution is 7.90. The molecule has 8 nitrogen and oxygen atoms in total. The van der Waals surface area contributed by atoms with Gasteiger partial charge in [0, 0.05) is 43.4 Å². The van der Waals surface area contributed by atoms with E-state index < -0.39 is 19.7 Å². The first-order valence-electron chi connectivity index (χ1n) is 12.0. The average molecular weight is 596 g/mol. The van der Waals surface area contributed by atoms with Crippen molar-refractivity contribution in [2.45, 2.75) is 22.0 Å². The van der Waals surface area contributed by atoms with Crippen LogP contribution in [0.15, 0.2) is 59.5 Å². The van der Waals surface area contributed by atoms with Crippen molar-refractivity contribution in [3.63, 3.8) is 0 Å². The van der Waals surface area contributed by atoms with Crippen molar-refractivity contribution in [2.75, 3.05) is 38.2 Å². The normalized spacial score (nSPS) is 14.9. The van der Waals surface area contributed by atoms with Crippen LogP contribution >= 0.6 is 34.8 Å². The maximum Gasteiger partial charge on any atom is 0.274 e. The minimum absolute atomic E-state index is 0.140. The molecule has 3 aromatic carbocycles. The number of carbonyl (C=O) groups is 1. The van der Waals surface area contributed by atoms with Crippen molar-refractivity contribution in [3.8, 4) is 5.75 Å². The minimum Gasteiger partial charge on any atom is -0.494 e. The number of hydrogen-bond acceptors (Lipinski definition) is 6. The zero-order chi connectivity index (χ0) is 27.2. The van der Waals surface area contributed by atoms with Crippen LogP contribution < -0.4 is 9.64 Å². The number of benzene rings is 3. The predicted octanol–water partition coefficient (Wildman–Crippen LogP) is 5.02. The molecule has 1 aromatic heterocycles. The molecule has 0 atom stereocenters. The first-order chi connectivity index (χ1) is 18.1. The molecule has 200 valence electrons. The van der Waals surface area contributed by atoms with Crippen LogP contribution in [0.3, 0.4) is 0 Å². The van der Waals surface area contributed by atoms with Gasteiger partial charge in [0.15, 0.2) is 0 Å². The summed E-state index contributed by atoms with van der Waals surface area (Å²) in [6.45, 7) is 3.28. The summed E-state index contributed by atoms with van der Waals surface area (Å²) in [6, 6.07) is 16.1. The lowest BCUT2D eigenvalue weighted by molar-refractivity contribution is -0.130. The number of fused-ring (bicyclic) bond motifs is 2. The smallest absolute Gasteiger partial charge is 0.274 e. The molecular weight excluding hydrogens is 571 g/mol.